The second-order valence-electron chi connectivity index (χ2n) is 5.11. The van der Waals surface area contributed by atoms with Gasteiger partial charge >= 0.3 is 0 Å². The monoisotopic (exact) mass is 292 g/mol. The molecule has 0 amide bonds. The standard InChI is InChI=1S/C18H16N2O2/c1-2-3-13-4-10-16(11-5-13)18-19-17(20-22-18)15-8-6-14(12-21)7-9-15/h4-12H,2-3H2,1H3. The van der Waals surface area contributed by atoms with Gasteiger partial charge in [-0.15, -0.1) is 0 Å². The summed E-state index contributed by atoms with van der Waals surface area (Å²) in [6, 6.07) is 15.2. The lowest BCUT2D eigenvalue weighted by atomic mass is 10.1. The van der Waals surface area contributed by atoms with Crippen LogP contribution in [-0.2, 0) is 6.42 Å². The number of nitrogens with zero attached hydrogens (tertiary/aromatic N) is 2. The van der Waals surface area contributed by atoms with E-state index in [4.69, 9.17) is 4.52 Å². The topological polar surface area (TPSA) is 56.0 Å². The minimum absolute atomic E-state index is 0.498. The van der Waals surface area contributed by atoms with E-state index in [1.54, 1.807) is 12.1 Å². The van der Waals surface area contributed by atoms with Gasteiger partial charge in [-0.3, -0.25) is 4.79 Å². The van der Waals surface area contributed by atoms with Crippen molar-refractivity contribution in [2.45, 2.75) is 19.8 Å². The number of aromatic nitrogens is 2. The van der Waals surface area contributed by atoms with Crippen LogP contribution in [-0.4, -0.2) is 16.4 Å². The van der Waals surface area contributed by atoms with Gasteiger partial charge in [0.25, 0.3) is 5.89 Å². The molecule has 0 bridgehead atoms. The van der Waals surface area contributed by atoms with E-state index in [0.717, 1.165) is 30.3 Å². The molecule has 3 aromatic rings. The molecule has 2 aromatic carbocycles. The molecule has 0 radical (unpaired) electrons. The molecule has 0 saturated heterocycles. The molecule has 1 aromatic heterocycles. The van der Waals surface area contributed by atoms with E-state index >= 15 is 0 Å². The Bertz CT molecular complexity index is 759. The van der Waals surface area contributed by atoms with E-state index < -0.39 is 0 Å². The number of carbonyl (C=O) groups excluding carboxylic acids is 1. The van der Waals surface area contributed by atoms with Crippen molar-refractivity contribution in [1.82, 2.24) is 10.1 Å². The fraction of sp³-hybridized carbons (Fsp3) is 0.167. The highest BCUT2D eigenvalue weighted by Gasteiger charge is 2.10. The quantitative estimate of drug-likeness (QED) is 0.662. The fourth-order valence-corrected chi connectivity index (χ4v) is 2.27. The molecule has 4 nitrogen and oxygen atoms in total. The highest BCUT2D eigenvalue weighted by molar-refractivity contribution is 5.76. The number of benzene rings is 2. The largest absolute Gasteiger partial charge is 0.334 e. The summed E-state index contributed by atoms with van der Waals surface area (Å²) < 4.78 is 5.33. The average Bonchev–Trinajstić information content (AvgIpc) is 3.06. The highest BCUT2D eigenvalue weighted by Crippen LogP contribution is 2.23. The summed E-state index contributed by atoms with van der Waals surface area (Å²) >= 11 is 0. The zero-order chi connectivity index (χ0) is 15.4. The molecular weight excluding hydrogens is 276 g/mol. The van der Waals surface area contributed by atoms with Crippen molar-refractivity contribution in [3.05, 3.63) is 59.7 Å². The van der Waals surface area contributed by atoms with Gasteiger partial charge in [0.2, 0.25) is 5.82 Å². The van der Waals surface area contributed by atoms with Gasteiger partial charge in [-0.05, 0) is 24.1 Å². The zero-order valence-corrected chi connectivity index (χ0v) is 12.3. The van der Waals surface area contributed by atoms with Crippen LogP contribution >= 0.6 is 0 Å². The summed E-state index contributed by atoms with van der Waals surface area (Å²) in [5.74, 6) is 1.02. The molecule has 0 atom stereocenters. The Hall–Kier alpha value is -2.75. The molecule has 0 aliphatic heterocycles. The normalized spacial score (nSPS) is 10.6. The van der Waals surface area contributed by atoms with Crippen LogP contribution in [0.2, 0.25) is 0 Å². The first-order valence-electron chi connectivity index (χ1n) is 7.29. The van der Waals surface area contributed by atoms with Gasteiger partial charge < -0.3 is 4.52 Å². The number of hydrogen-bond acceptors (Lipinski definition) is 4. The molecule has 0 aliphatic rings. The molecule has 0 spiro atoms. The minimum Gasteiger partial charge on any atom is -0.334 e. The minimum atomic E-state index is 0.498. The molecule has 4 heteroatoms. The van der Waals surface area contributed by atoms with E-state index in [-0.39, 0.29) is 0 Å². The Balaban J connectivity index is 1.84. The van der Waals surface area contributed by atoms with Crippen LogP contribution in [0.25, 0.3) is 22.8 Å². The Morgan fingerprint density at radius 3 is 2.32 bits per heavy atom. The summed E-state index contributed by atoms with van der Waals surface area (Å²) in [7, 11) is 0. The van der Waals surface area contributed by atoms with E-state index in [9.17, 15) is 4.79 Å². The number of aryl methyl sites for hydroxylation is 1. The molecule has 110 valence electrons. The lowest BCUT2D eigenvalue weighted by molar-refractivity contribution is 0.112. The molecule has 1 heterocycles. The number of carbonyl (C=O) groups is 1. The molecular formula is C18H16N2O2. The van der Waals surface area contributed by atoms with Crippen molar-refractivity contribution < 1.29 is 9.32 Å². The number of rotatable bonds is 5. The molecule has 0 fully saturated rings. The first-order chi connectivity index (χ1) is 10.8. The first-order valence-corrected chi connectivity index (χ1v) is 7.29. The van der Waals surface area contributed by atoms with Gasteiger partial charge in [-0.1, -0.05) is 54.9 Å². The summed E-state index contributed by atoms with van der Waals surface area (Å²) in [5.41, 5.74) is 3.65. The van der Waals surface area contributed by atoms with Gasteiger partial charge in [0.1, 0.15) is 6.29 Å². The SMILES string of the molecule is CCCc1ccc(-c2nc(-c3ccc(C=O)cc3)no2)cc1. The van der Waals surface area contributed by atoms with Gasteiger partial charge in [-0.25, -0.2) is 0 Å². The Kier molecular flexibility index (Phi) is 4.10. The third-order valence-corrected chi connectivity index (χ3v) is 3.47. The van der Waals surface area contributed by atoms with Crippen molar-refractivity contribution in [2.24, 2.45) is 0 Å². The summed E-state index contributed by atoms with van der Waals surface area (Å²) in [6.45, 7) is 2.16. The first kappa shape index (κ1) is 14.2. The Morgan fingerprint density at radius 1 is 1.00 bits per heavy atom. The van der Waals surface area contributed by atoms with Crippen molar-refractivity contribution >= 4 is 6.29 Å². The van der Waals surface area contributed by atoms with E-state index in [1.807, 2.05) is 24.3 Å². The second-order valence-corrected chi connectivity index (χ2v) is 5.11. The van der Waals surface area contributed by atoms with E-state index in [0.29, 0.717) is 17.3 Å². The lowest BCUT2D eigenvalue weighted by Crippen LogP contribution is -1.85. The molecule has 0 saturated carbocycles. The Labute approximate surface area is 128 Å². The average molecular weight is 292 g/mol. The van der Waals surface area contributed by atoms with Crippen molar-refractivity contribution in [3.63, 3.8) is 0 Å². The van der Waals surface area contributed by atoms with Crippen molar-refractivity contribution in [1.29, 1.82) is 0 Å². The van der Waals surface area contributed by atoms with Crippen LogP contribution in [0.15, 0.2) is 53.1 Å². The maximum atomic E-state index is 10.7. The lowest BCUT2D eigenvalue weighted by Gasteiger charge is -1.99. The van der Waals surface area contributed by atoms with E-state index in [1.165, 1.54) is 5.56 Å². The van der Waals surface area contributed by atoms with Crippen molar-refractivity contribution in [3.8, 4) is 22.8 Å². The maximum Gasteiger partial charge on any atom is 0.258 e. The second kappa shape index (κ2) is 6.35. The summed E-state index contributed by atoms with van der Waals surface area (Å²) in [5, 5.41) is 4.00. The third kappa shape index (κ3) is 2.96. The van der Waals surface area contributed by atoms with Crippen LogP contribution in [0.5, 0.6) is 0 Å². The zero-order valence-electron chi connectivity index (χ0n) is 12.3. The number of aldehydes is 1. The smallest absolute Gasteiger partial charge is 0.258 e. The molecule has 0 N–H and O–H groups in total. The molecule has 3 rings (SSSR count). The van der Waals surface area contributed by atoms with E-state index in [2.05, 4.69) is 29.2 Å². The summed E-state index contributed by atoms with van der Waals surface area (Å²) in [6.07, 6.45) is 3.00. The Morgan fingerprint density at radius 2 is 1.68 bits per heavy atom. The van der Waals surface area contributed by atoms with Crippen LogP contribution in [0.3, 0.4) is 0 Å². The molecule has 0 unspecified atom stereocenters. The molecule has 0 aliphatic carbocycles. The van der Waals surface area contributed by atoms with Crippen LogP contribution in [0.4, 0.5) is 0 Å². The predicted molar refractivity (Wildman–Crippen MR) is 84.6 cm³/mol. The number of hydrogen-bond donors (Lipinski definition) is 0. The van der Waals surface area contributed by atoms with Gasteiger partial charge in [0, 0.05) is 16.7 Å². The van der Waals surface area contributed by atoms with Gasteiger partial charge in [0.05, 0.1) is 0 Å². The van der Waals surface area contributed by atoms with Gasteiger partial charge in [-0.2, -0.15) is 4.98 Å². The van der Waals surface area contributed by atoms with Crippen LogP contribution in [0.1, 0.15) is 29.3 Å². The predicted octanol–water partition coefficient (Wildman–Crippen LogP) is 4.17. The summed E-state index contributed by atoms with van der Waals surface area (Å²) in [4.78, 5) is 15.1. The van der Waals surface area contributed by atoms with Crippen LogP contribution in [0, 0.1) is 0 Å². The van der Waals surface area contributed by atoms with Crippen molar-refractivity contribution in [2.75, 3.05) is 0 Å². The third-order valence-electron chi connectivity index (χ3n) is 3.47. The highest BCUT2D eigenvalue weighted by atomic mass is 16.5. The fourth-order valence-electron chi connectivity index (χ4n) is 2.27. The molecule has 22 heavy (non-hydrogen) atoms. The maximum absolute atomic E-state index is 10.7. The van der Waals surface area contributed by atoms with Gasteiger partial charge in [0.15, 0.2) is 0 Å². The van der Waals surface area contributed by atoms with Crippen LogP contribution < -0.4 is 0 Å².